The zero-order valence-electron chi connectivity index (χ0n) is 14.5. The van der Waals surface area contributed by atoms with E-state index < -0.39 is 17.9 Å². The number of fused-ring (bicyclic) bond motifs is 1. The maximum atomic E-state index is 13.6. The molecule has 2 atom stereocenters. The zero-order chi connectivity index (χ0) is 19.0. The first-order valence-electron chi connectivity index (χ1n) is 8.89. The van der Waals surface area contributed by atoms with Crippen LogP contribution >= 0.6 is 0 Å². The maximum Gasteiger partial charge on any atom is 0.416 e. The molecule has 0 saturated carbocycles. The molecule has 2 heterocycles. The molecular formula is C20H19F3N2O2. The number of nitrogens with one attached hydrogen (secondary N) is 1. The van der Waals surface area contributed by atoms with E-state index in [4.69, 9.17) is 4.74 Å². The number of rotatable bonds is 3. The number of carbonyl (C=O) groups excluding carboxylic acids is 1. The van der Waals surface area contributed by atoms with Gasteiger partial charge in [-0.1, -0.05) is 30.3 Å². The van der Waals surface area contributed by atoms with Crippen molar-refractivity contribution in [3.05, 3.63) is 65.2 Å². The number of hydrogen-bond donors (Lipinski definition) is 1. The van der Waals surface area contributed by atoms with Gasteiger partial charge in [0.05, 0.1) is 17.2 Å². The van der Waals surface area contributed by atoms with Crippen LogP contribution in [0.25, 0.3) is 0 Å². The van der Waals surface area contributed by atoms with E-state index in [-0.39, 0.29) is 24.1 Å². The number of anilines is 1. The van der Waals surface area contributed by atoms with Crippen molar-refractivity contribution in [3.8, 4) is 0 Å². The van der Waals surface area contributed by atoms with Gasteiger partial charge in [0.2, 0.25) is 0 Å². The minimum atomic E-state index is -4.51. The number of halogens is 3. The van der Waals surface area contributed by atoms with Crippen molar-refractivity contribution in [1.29, 1.82) is 0 Å². The molecule has 7 heteroatoms. The van der Waals surface area contributed by atoms with Gasteiger partial charge in [-0.3, -0.25) is 4.79 Å². The van der Waals surface area contributed by atoms with Crippen LogP contribution in [0.1, 0.15) is 40.5 Å². The fourth-order valence-electron chi connectivity index (χ4n) is 3.73. The van der Waals surface area contributed by atoms with Gasteiger partial charge in [0.1, 0.15) is 6.17 Å². The molecule has 0 aromatic heterocycles. The first kappa shape index (κ1) is 17.9. The van der Waals surface area contributed by atoms with Crippen molar-refractivity contribution in [2.24, 2.45) is 0 Å². The molecule has 2 aromatic carbocycles. The Bertz CT molecular complexity index is 847. The predicted molar refractivity (Wildman–Crippen MR) is 94.3 cm³/mol. The van der Waals surface area contributed by atoms with E-state index in [1.807, 2.05) is 0 Å². The molecule has 2 aromatic rings. The van der Waals surface area contributed by atoms with Crippen molar-refractivity contribution in [1.82, 2.24) is 4.90 Å². The van der Waals surface area contributed by atoms with E-state index >= 15 is 0 Å². The average molecular weight is 376 g/mol. The van der Waals surface area contributed by atoms with Crippen LogP contribution < -0.4 is 5.32 Å². The SMILES string of the molecule is O=C1c2ccccc2N[C@H](c2ccccc2C(F)(F)F)N1C[C@@H]1CCCO1. The Hall–Kier alpha value is -2.54. The van der Waals surface area contributed by atoms with E-state index in [2.05, 4.69) is 5.32 Å². The summed E-state index contributed by atoms with van der Waals surface area (Å²) in [6.07, 6.45) is -3.90. The van der Waals surface area contributed by atoms with E-state index in [0.717, 1.165) is 18.9 Å². The summed E-state index contributed by atoms with van der Waals surface area (Å²) in [6.45, 7) is 0.859. The van der Waals surface area contributed by atoms with Gasteiger partial charge >= 0.3 is 6.18 Å². The van der Waals surface area contributed by atoms with Crippen LogP contribution in [0.5, 0.6) is 0 Å². The van der Waals surface area contributed by atoms with Gasteiger partial charge in [0.15, 0.2) is 0 Å². The standard InChI is InChI=1S/C20H19F3N2O2/c21-20(22,23)16-9-3-1-7-14(16)18-24-17-10-4-2-8-15(17)19(26)25(18)12-13-6-5-11-27-13/h1-4,7-10,13,18,24H,5-6,11-12H2/t13-,18-/m0/s1. The third-order valence-corrected chi connectivity index (χ3v) is 5.01. The number of carbonyl (C=O) groups is 1. The molecule has 0 aliphatic carbocycles. The van der Waals surface area contributed by atoms with Crippen molar-refractivity contribution in [3.63, 3.8) is 0 Å². The van der Waals surface area contributed by atoms with E-state index in [9.17, 15) is 18.0 Å². The molecule has 4 nitrogen and oxygen atoms in total. The molecule has 0 bridgehead atoms. The van der Waals surface area contributed by atoms with E-state index in [1.54, 1.807) is 30.3 Å². The minimum absolute atomic E-state index is 0.0332. The first-order valence-corrected chi connectivity index (χ1v) is 8.89. The lowest BCUT2D eigenvalue weighted by Gasteiger charge is -2.40. The maximum absolute atomic E-state index is 13.6. The van der Waals surface area contributed by atoms with Gasteiger partial charge < -0.3 is 15.0 Å². The summed E-state index contributed by atoms with van der Waals surface area (Å²) in [5, 5.41) is 3.13. The van der Waals surface area contributed by atoms with Gasteiger partial charge in [-0.25, -0.2) is 0 Å². The summed E-state index contributed by atoms with van der Waals surface area (Å²) < 4.78 is 46.3. The first-order chi connectivity index (χ1) is 12.9. The third kappa shape index (κ3) is 3.39. The zero-order valence-corrected chi connectivity index (χ0v) is 14.5. The van der Waals surface area contributed by atoms with Crippen LogP contribution in [0.2, 0.25) is 0 Å². The van der Waals surface area contributed by atoms with Gasteiger partial charge in [0, 0.05) is 24.4 Å². The number of para-hydroxylation sites is 1. The van der Waals surface area contributed by atoms with Gasteiger partial charge in [-0.05, 0) is 31.0 Å². The number of amides is 1. The van der Waals surface area contributed by atoms with Crippen LogP contribution in [-0.2, 0) is 10.9 Å². The van der Waals surface area contributed by atoms with E-state index in [0.29, 0.717) is 17.9 Å². The topological polar surface area (TPSA) is 41.6 Å². The fourth-order valence-corrected chi connectivity index (χ4v) is 3.73. The van der Waals surface area contributed by atoms with Crippen molar-refractivity contribution in [2.75, 3.05) is 18.5 Å². The molecule has 0 unspecified atom stereocenters. The highest BCUT2D eigenvalue weighted by atomic mass is 19.4. The molecule has 1 saturated heterocycles. The summed E-state index contributed by atoms with van der Waals surface area (Å²) in [5.41, 5.74) is 0.280. The van der Waals surface area contributed by atoms with Gasteiger partial charge in [-0.15, -0.1) is 0 Å². The fraction of sp³-hybridized carbons (Fsp3) is 0.350. The Morgan fingerprint density at radius 1 is 1.11 bits per heavy atom. The molecule has 1 N–H and O–H groups in total. The van der Waals surface area contributed by atoms with Crippen LogP contribution in [0, 0.1) is 0 Å². The molecule has 1 amide bonds. The quantitative estimate of drug-likeness (QED) is 0.861. The van der Waals surface area contributed by atoms with E-state index in [1.165, 1.54) is 17.0 Å². The Labute approximate surface area is 154 Å². The summed E-state index contributed by atoms with van der Waals surface area (Å²) >= 11 is 0. The highest BCUT2D eigenvalue weighted by Crippen LogP contribution is 2.40. The Balaban J connectivity index is 1.78. The lowest BCUT2D eigenvalue weighted by molar-refractivity contribution is -0.138. The van der Waals surface area contributed by atoms with Gasteiger partial charge in [0.25, 0.3) is 5.91 Å². The molecule has 4 rings (SSSR count). The molecule has 27 heavy (non-hydrogen) atoms. The molecule has 142 valence electrons. The Morgan fingerprint density at radius 3 is 2.59 bits per heavy atom. The molecule has 1 fully saturated rings. The largest absolute Gasteiger partial charge is 0.416 e. The van der Waals surface area contributed by atoms with Crippen LogP contribution in [0.4, 0.5) is 18.9 Å². The summed E-state index contributed by atoms with van der Waals surface area (Å²) in [4.78, 5) is 14.6. The van der Waals surface area contributed by atoms with Crippen molar-refractivity contribution < 1.29 is 22.7 Å². The Kier molecular flexibility index (Phi) is 4.55. The Morgan fingerprint density at radius 2 is 1.85 bits per heavy atom. The predicted octanol–water partition coefficient (Wildman–Crippen LogP) is 4.45. The molecule has 2 aliphatic rings. The van der Waals surface area contributed by atoms with Crippen molar-refractivity contribution >= 4 is 11.6 Å². The lowest BCUT2D eigenvalue weighted by Crippen LogP contribution is -2.46. The summed E-state index contributed by atoms with van der Waals surface area (Å²) in [7, 11) is 0. The average Bonchev–Trinajstić information content (AvgIpc) is 3.16. The monoisotopic (exact) mass is 376 g/mol. The number of nitrogens with zero attached hydrogens (tertiary/aromatic N) is 1. The minimum Gasteiger partial charge on any atom is -0.376 e. The summed E-state index contributed by atoms with van der Waals surface area (Å²) in [5.74, 6) is -0.290. The lowest BCUT2D eigenvalue weighted by atomic mass is 9.98. The van der Waals surface area contributed by atoms with Crippen molar-refractivity contribution in [2.45, 2.75) is 31.3 Å². The molecular weight excluding hydrogens is 357 g/mol. The normalized spacial score (nSPS) is 22.5. The number of ether oxygens (including phenoxy) is 1. The van der Waals surface area contributed by atoms with Crippen LogP contribution in [0.3, 0.4) is 0 Å². The number of hydrogen-bond acceptors (Lipinski definition) is 3. The van der Waals surface area contributed by atoms with Gasteiger partial charge in [-0.2, -0.15) is 13.2 Å². The third-order valence-electron chi connectivity index (χ3n) is 5.01. The van der Waals surface area contributed by atoms with Crippen LogP contribution in [0.15, 0.2) is 48.5 Å². The second-order valence-corrected chi connectivity index (χ2v) is 6.77. The highest BCUT2D eigenvalue weighted by Gasteiger charge is 2.40. The number of benzene rings is 2. The molecule has 0 spiro atoms. The number of alkyl halides is 3. The highest BCUT2D eigenvalue weighted by molar-refractivity contribution is 6.01. The second kappa shape index (κ2) is 6.88. The van der Waals surface area contributed by atoms with Crippen LogP contribution in [-0.4, -0.2) is 30.1 Å². The second-order valence-electron chi connectivity index (χ2n) is 6.77. The molecule has 2 aliphatic heterocycles. The summed E-state index contributed by atoms with van der Waals surface area (Å²) in [6, 6.07) is 12.3. The smallest absolute Gasteiger partial charge is 0.376 e. The molecule has 0 radical (unpaired) electrons.